The van der Waals surface area contributed by atoms with Crippen LogP contribution in [-0.4, -0.2) is 24.4 Å². The lowest BCUT2D eigenvalue weighted by Gasteiger charge is -2.08. The van der Waals surface area contributed by atoms with E-state index >= 15 is 0 Å². The maximum atomic E-state index is 11.3. The smallest absolute Gasteiger partial charge is 0.288 e. The number of carbonyl (C=O) groups excluding carboxylic acids is 1. The predicted molar refractivity (Wildman–Crippen MR) is 65.4 cm³/mol. The number of halogens is 1. The third-order valence-electron chi connectivity index (χ3n) is 2.10. The topological polar surface area (TPSA) is 84.3 Å². The zero-order valence-electron chi connectivity index (χ0n) is 9.41. The van der Waals surface area contributed by atoms with Crippen molar-refractivity contribution in [2.24, 2.45) is 0 Å². The molecular formula is C10H12ClN3O3. The van der Waals surface area contributed by atoms with Crippen LogP contribution in [-0.2, 0) is 4.79 Å². The molecule has 0 saturated heterocycles. The second kappa shape index (κ2) is 5.60. The molecule has 1 amide bonds. The van der Waals surface area contributed by atoms with Gasteiger partial charge in [-0.1, -0.05) is 11.6 Å². The quantitative estimate of drug-likeness (QED) is 0.635. The van der Waals surface area contributed by atoms with Gasteiger partial charge in [-0.05, 0) is 25.6 Å². The standard InChI is InChI=1S/C10H12ClN3O3/c1-6-3-9(14(16)17)7(11)4-8(6)13-10(15)5-12-2/h3-4,12H,5H2,1-2H3,(H,13,15). The Morgan fingerprint density at radius 3 is 2.71 bits per heavy atom. The van der Waals surface area contributed by atoms with Crippen LogP contribution in [0.2, 0.25) is 5.02 Å². The molecule has 0 atom stereocenters. The number of anilines is 1. The number of nitro benzene ring substituents is 1. The lowest BCUT2D eigenvalue weighted by molar-refractivity contribution is -0.384. The summed E-state index contributed by atoms with van der Waals surface area (Å²) in [4.78, 5) is 21.4. The molecule has 1 rings (SSSR count). The van der Waals surface area contributed by atoms with Crippen molar-refractivity contribution in [3.05, 3.63) is 32.8 Å². The Morgan fingerprint density at radius 1 is 1.53 bits per heavy atom. The second-order valence-electron chi connectivity index (χ2n) is 3.45. The number of rotatable bonds is 4. The molecule has 1 aromatic carbocycles. The minimum Gasteiger partial charge on any atom is -0.325 e. The summed E-state index contributed by atoms with van der Waals surface area (Å²) in [5.74, 6) is -0.236. The molecule has 0 aromatic heterocycles. The molecule has 0 saturated carbocycles. The van der Waals surface area contributed by atoms with Crippen molar-refractivity contribution in [1.29, 1.82) is 0 Å². The van der Waals surface area contributed by atoms with Gasteiger partial charge in [0, 0.05) is 11.8 Å². The third-order valence-corrected chi connectivity index (χ3v) is 2.40. The zero-order chi connectivity index (χ0) is 13.0. The average Bonchev–Trinajstić information content (AvgIpc) is 2.22. The van der Waals surface area contributed by atoms with Gasteiger partial charge >= 0.3 is 0 Å². The molecule has 0 aliphatic rings. The van der Waals surface area contributed by atoms with Gasteiger partial charge in [0.1, 0.15) is 5.02 Å². The van der Waals surface area contributed by atoms with Crippen molar-refractivity contribution in [2.75, 3.05) is 18.9 Å². The number of nitrogens with zero attached hydrogens (tertiary/aromatic N) is 1. The van der Waals surface area contributed by atoms with Crippen LogP contribution in [0.4, 0.5) is 11.4 Å². The van der Waals surface area contributed by atoms with Crippen molar-refractivity contribution < 1.29 is 9.72 Å². The van der Waals surface area contributed by atoms with E-state index in [9.17, 15) is 14.9 Å². The molecule has 7 heteroatoms. The number of nitro groups is 1. The minimum absolute atomic E-state index is 0.000331. The van der Waals surface area contributed by atoms with E-state index in [-0.39, 0.29) is 23.2 Å². The molecule has 0 aliphatic carbocycles. The summed E-state index contributed by atoms with van der Waals surface area (Å²) in [5, 5.41) is 15.9. The fourth-order valence-electron chi connectivity index (χ4n) is 1.30. The number of hydrogen-bond acceptors (Lipinski definition) is 4. The van der Waals surface area contributed by atoms with E-state index in [0.717, 1.165) is 0 Å². The van der Waals surface area contributed by atoms with Crippen LogP contribution in [0, 0.1) is 17.0 Å². The Kier molecular flexibility index (Phi) is 4.42. The van der Waals surface area contributed by atoms with Gasteiger partial charge < -0.3 is 10.6 Å². The number of amides is 1. The van der Waals surface area contributed by atoms with Crippen molar-refractivity contribution in [3.63, 3.8) is 0 Å². The van der Waals surface area contributed by atoms with Crippen molar-refractivity contribution in [1.82, 2.24) is 5.32 Å². The minimum atomic E-state index is -0.561. The molecule has 0 fully saturated rings. The van der Waals surface area contributed by atoms with Crippen LogP contribution in [0.5, 0.6) is 0 Å². The Morgan fingerprint density at radius 2 is 2.18 bits per heavy atom. The highest BCUT2D eigenvalue weighted by Crippen LogP contribution is 2.30. The van der Waals surface area contributed by atoms with E-state index in [0.29, 0.717) is 11.3 Å². The van der Waals surface area contributed by atoms with Crippen molar-refractivity contribution >= 4 is 28.9 Å². The summed E-state index contributed by atoms with van der Waals surface area (Å²) in [6.07, 6.45) is 0. The van der Waals surface area contributed by atoms with E-state index in [4.69, 9.17) is 11.6 Å². The highest BCUT2D eigenvalue weighted by Gasteiger charge is 2.15. The predicted octanol–water partition coefficient (Wildman–Crippen LogP) is 1.71. The lowest BCUT2D eigenvalue weighted by atomic mass is 10.1. The van der Waals surface area contributed by atoms with Crippen molar-refractivity contribution in [2.45, 2.75) is 6.92 Å². The molecule has 6 nitrogen and oxygen atoms in total. The summed E-state index contributed by atoms with van der Waals surface area (Å²) in [6.45, 7) is 1.83. The fourth-order valence-corrected chi connectivity index (χ4v) is 1.53. The molecule has 0 aliphatic heterocycles. The number of nitrogens with one attached hydrogen (secondary N) is 2. The highest BCUT2D eigenvalue weighted by atomic mass is 35.5. The number of carbonyl (C=O) groups is 1. The molecule has 0 unspecified atom stereocenters. The molecule has 0 bridgehead atoms. The maximum absolute atomic E-state index is 11.3. The van der Waals surface area contributed by atoms with E-state index in [1.165, 1.54) is 12.1 Å². The summed E-state index contributed by atoms with van der Waals surface area (Å²) in [7, 11) is 1.65. The Balaban J connectivity index is 2.99. The molecule has 92 valence electrons. The Labute approximate surface area is 103 Å². The monoisotopic (exact) mass is 257 g/mol. The lowest BCUT2D eigenvalue weighted by Crippen LogP contribution is -2.25. The van der Waals surface area contributed by atoms with E-state index in [1.807, 2.05) is 0 Å². The zero-order valence-corrected chi connectivity index (χ0v) is 10.2. The van der Waals surface area contributed by atoms with E-state index in [1.54, 1.807) is 14.0 Å². The van der Waals surface area contributed by atoms with Crippen LogP contribution in [0.15, 0.2) is 12.1 Å². The summed E-state index contributed by atoms with van der Waals surface area (Å²) >= 11 is 5.75. The normalized spacial score (nSPS) is 10.1. The van der Waals surface area contributed by atoms with Gasteiger partial charge in [0.2, 0.25) is 5.91 Å². The summed E-state index contributed by atoms with van der Waals surface area (Å²) in [6, 6.07) is 2.71. The fraction of sp³-hybridized carbons (Fsp3) is 0.300. The van der Waals surface area contributed by atoms with Gasteiger partial charge in [-0.3, -0.25) is 14.9 Å². The maximum Gasteiger partial charge on any atom is 0.288 e. The number of likely N-dealkylation sites (N-methyl/N-ethyl adjacent to an activating group) is 1. The molecule has 1 aromatic rings. The van der Waals surface area contributed by atoms with E-state index < -0.39 is 4.92 Å². The van der Waals surface area contributed by atoms with E-state index in [2.05, 4.69) is 10.6 Å². The molecule has 0 heterocycles. The molecule has 17 heavy (non-hydrogen) atoms. The largest absolute Gasteiger partial charge is 0.325 e. The first-order valence-electron chi connectivity index (χ1n) is 4.84. The molecule has 2 N–H and O–H groups in total. The van der Waals surface area contributed by atoms with Gasteiger partial charge in [-0.25, -0.2) is 0 Å². The highest BCUT2D eigenvalue weighted by molar-refractivity contribution is 6.33. The molecule has 0 radical (unpaired) electrons. The molecule has 0 spiro atoms. The molecular weight excluding hydrogens is 246 g/mol. The van der Waals surface area contributed by atoms with Gasteiger partial charge in [0.25, 0.3) is 5.69 Å². The van der Waals surface area contributed by atoms with Crippen LogP contribution in [0.25, 0.3) is 0 Å². The second-order valence-corrected chi connectivity index (χ2v) is 3.86. The van der Waals surface area contributed by atoms with Gasteiger partial charge in [0.05, 0.1) is 11.5 Å². The van der Waals surface area contributed by atoms with Crippen LogP contribution in [0.3, 0.4) is 0 Å². The van der Waals surface area contributed by atoms with Crippen LogP contribution >= 0.6 is 11.6 Å². The van der Waals surface area contributed by atoms with Crippen LogP contribution in [0.1, 0.15) is 5.56 Å². The van der Waals surface area contributed by atoms with Gasteiger partial charge in [-0.2, -0.15) is 0 Å². The summed E-state index contributed by atoms with van der Waals surface area (Å²) < 4.78 is 0. The first kappa shape index (κ1) is 13.4. The SMILES string of the molecule is CNCC(=O)Nc1cc(Cl)c([N+](=O)[O-])cc1C. The number of aryl methyl sites for hydroxylation is 1. The van der Waals surface area contributed by atoms with Gasteiger partial charge in [-0.15, -0.1) is 0 Å². The van der Waals surface area contributed by atoms with Crippen LogP contribution < -0.4 is 10.6 Å². The average molecular weight is 258 g/mol. The summed E-state index contributed by atoms with van der Waals surface area (Å²) in [5.41, 5.74) is 0.891. The van der Waals surface area contributed by atoms with Crippen molar-refractivity contribution in [3.8, 4) is 0 Å². The Hall–Kier alpha value is -1.66. The number of hydrogen-bond donors (Lipinski definition) is 2. The third kappa shape index (κ3) is 3.40. The first-order valence-corrected chi connectivity index (χ1v) is 5.22. The Bertz CT molecular complexity index is 462. The van der Waals surface area contributed by atoms with Gasteiger partial charge in [0.15, 0.2) is 0 Å². The first-order chi connectivity index (χ1) is 7.95. The number of benzene rings is 1.